The molecular formula is C21H20BrF3N4. The quantitative estimate of drug-likeness (QED) is 0.434. The van der Waals surface area contributed by atoms with Crippen molar-refractivity contribution < 1.29 is 13.2 Å². The average Bonchev–Trinajstić information content (AvgIpc) is 2.60. The average molecular weight is 465 g/mol. The highest BCUT2D eigenvalue weighted by molar-refractivity contribution is 9.10. The molecule has 0 unspecified atom stereocenters. The second-order valence-corrected chi connectivity index (χ2v) is 8.46. The van der Waals surface area contributed by atoms with Crippen molar-refractivity contribution in [2.24, 2.45) is 0 Å². The fourth-order valence-corrected chi connectivity index (χ4v) is 3.03. The van der Waals surface area contributed by atoms with E-state index in [4.69, 9.17) is 0 Å². The summed E-state index contributed by atoms with van der Waals surface area (Å²) in [6, 6.07) is 14.5. The maximum Gasteiger partial charge on any atom is 0.421 e. The van der Waals surface area contributed by atoms with Crippen LogP contribution >= 0.6 is 15.9 Å². The van der Waals surface area contributed by atoms with Gasteiger partial charge >= 0.3 is 6.18 Å². The highest BCUT2D eigenvalue weighted by atomic mass is 79.9. The molecule has 0 aliphatic carbocycles. The van der Waals surface area contributed by atoms with Gasteiger partial charge in [-0.25, -0.2) is 4.98 Å². The van der Waals surface area contributed by atoms with Gasteiger partial charge in [0, 0.05) is 22.0 Å². The van der Waals surface area contributed by atoms with E-state index >= 15 is 0 Å². The van der Waals surface area contributed by atoms with Crippen LogP contribution in [-0.2, 0) is 11.6 Å². The van der Waals surface area contributed by atoms with Crippen molar-refractivity contribution in [2.75, 3.05) is 10.6 Å². The van der Waals surface area contributed by atoms with Gasteiger partial charge in [0.1, 0.15) is 11.4 Å². The number of aromatic nitrogens is 2. The van der Waals surface area contributed by atoms with Crippen LogP contribution < -0.4 is 10.6 Å². The minimum absolute atomic E-state index is 0.00440. The van der Waals surface area contributed by atoms with Crippen LogP contribution in [0.15, 0.2) is 59.2 Å². The lowest BCUT2D eigenvalue weighted by molar-refractivity contribution is -0.137. The lowest BCUT2D eigenvalue weighted by Gasteiger charge is -2.19. The Hall–Kier alpha value is -2.61. The van der Waals surface area contributed by atoms with Crippen LogP contribution in [0, 0.1) is 0 Å². The first-order valence-electron chi connectivity index (χ1n) is 8.87. The normalized spacial score (nSPS) is 12.0. The standard InChI is InChI=1S/C21H20BrF3N4/c1-20(2,3)13-7-9-15(10-8-13)28-19-26-12-17(21(23,24)25)18(29-19)27-16-6-4-5-14(22)11-16/h4-12H,1-3H3,(H2,26,27,28,29). The molecule has 0 radical (unpaired) electrons. The molecule has 0 saturated carbocycles. The Morgan fingerprint density at radius 1 is 0.897 bits per heavy atom. The zero-order valence-electron chi connectivity index (χ0n) is 16.1. The molecule has 0 aliphatic heterocycles. The molecule has 0 fully saturated rings. The summed E-state index contributed by atoms with van der Waals surface area (Å²) < 4.78 is 40.9. The van der Waals surface area contributed by atoms with Gasteiger partial charge in [0.25, 0.3) is 0 Å². The van der Waals surface area contributed by atoms with Crippen LogP contribution in [0.4, 0.5) is 36.3 Å². The molecule has 8 heteroatoms. The maximum atomic E-state index is 13.4. The predicted octanol–water partition coefficient (Wildman–Crippen LogP) is 7.04. The highest BCUT2D eigenvalue weighted by Crippen LogP contribution is 2.35. The third-order valence-electron chi connectivity index (χ3n) is 4.19. The third kappa shape index (κ3) is 5.47. The Morgan fingerprint density at radius 2 is 1.59 bits per heavy atom. The van der Waals surface area contributed by atoms with Crippen molar-refractivity contribution in [2.45, 2.75) is 32.4 Å². The van der Waals surface area contributed by atoms with Crippen LogP contribution in [0.3, 0.4) is 0 Å². The number of anilines is 4. The Bertz CT molecular complexity index is 996. The van der Waals surface area contributed by atoms with Crippen LogP contribution in [0.5, 0.6) is 0 Å². The molecule has 4 nitrogen and oxygen atoms in total. The molecule has 3 aromatic rings. The lowest BCUT2D eigenvalue weighted by atomic mass is 9.87. The molecule has 29 heavy (non-hydrogen) atoms. The summed E-state index contributed by atoms with van der Waals surface area (Å²) in [5.74, 6) is -0.251. The molecule has 1 heterocycles. The Labute approximate surface area is 175 Å². The van der Waals surface area contributed by atoms with Crippen molar-refractivity contribution in [3.05, 3.63) is 70.3 Å². The zero-order chi connectivity index (χ0) is 21.2. The molecule has 0 saturated heterocycles. The van der Waals surface area contributed by atoms with Crippen LogP contribution in [-0.4, -0.2) is 9.97 Å². The van der Waals surface area contributed by atoms with Gasteiger partial charge in [0.05, 0.1) is 0 Å². The van der Waals surface area contributed by atoms with E-state index in [-0.39, 0.29) is 17.2 Å². The number of rotatable bonds is 4. The van der Waals surface area contributed by atoms with E-state index in [1.54, 1.807) is 24.3 Å². The number of hydrogen-bond acceptors (Lipinski definition) is 4. The molecule has 0 spiro atoms. The first kappa shape index (κ1) is 21.1. The summed E-state index contributed by atoms with van der Waals surface area (Å²) in [5, 5.41) is 5.69. The maximum absolute atomic E-state index is 13.4. The van der Waals surface area contributed by atoms with Gasteiger partial charge in [-0.15, -0.1) is 0 Å². The summed E-state index contributed by atoms with van der Waals surface area (Å²) in [5.41, 5.74) is 1.37. The summed E-state index contributed by atoms with van der Waals surface area (Å²) >= 11 is 3.30. The molecule has 2 N–H and O–H groups in total. The molecule has 2 aromatic carbocycles. The van der Waals surface area contributed by atoms with E-state index < -0.39 is 11.7 Å². The van der Waals surface area contributed by atoms with Crippen LogP contribution in [0.25, 0.3) is 0 Å². The van der Waals surface area contributed by atoms with Gasteiger partial charge in [0.2, 0.25) is 5.95 Å². The first-order valence-corrected chi connectivity index (χ1v) is 9.66. The number of benzene rings is 2. The Balaban J connectivity index is 1.90. The smallest absolute Gasteiger partial charge is 0.340 e. The van der Waals surface area contributed by atoms with E-state index in [2.05, 4.69) is 57.3 Å². The monoisotopic (exact) mass is 464 g/mol. The van der Waals surface area contributed by atoms with E-state index in [1.165, 1.54) is 0 Å². The van der Waals surface area contributed by atoms with Crippen molar-refractivity contribution in [3.8, 4) is 0 Å². The number of nitrogens with zero attached hydrogens (tertiary/aromatic N) is 2. The highest BCUT2D eigenvalue weighted by Gasteiger charge is 2.35. The number of alkyl halides is 3. The number of nitrogens with one attached hydrogen (secondary N) is 2. The second kappa shape index (κ2) is 8.02. The zero-order valence-corrected chi connectivity index (χ0v) is 17.7. The summed E-state index contributed by atoms with van der Waals surface area (Å²) in [4.78, 5) is 7.90. The first-order chi connectivity index (χ1) is 13.5. The van der Waals surface area contributed by atoms with Gasteiger partial charge in [-0.2, -0.15) is 18.2 Å². The minimum Gasteiger partial charge on any atom is -0.340 e. The van der Waals surface area contributed by atoms with Gasteiger partial charge in [0.15, 0.2) is 0 Å². The van der Waals surface area contributed by atoms with Gasteiger partial charge < -0.3 is 10.6 Å². The summed E-state index contributed by atoms with van der Waals surface area (Å²) in [7, 11) is 0. The molecular weight excluding hydrogens is 445 g/mol. The van der Waals surface area contributed by atoms with E-state index in [9.17, 15) is 13.2 Å². The minimum atomic E-state index is -4.58. The van der Waals surface area contributed by atoms with E-state index in [0.717, 1.165) is 16.2 Å². The van der Waals surface area contributed by atoms with Crippen molar-refractivity contribution in [3.63, 3.8) is 0 Å². The fraction of sp³-hybridized carbons (Fsp3) is 0.238. The topological polar surface area (TPSA) is 49.8 Å². The molecule has 152 valence electrons. The van der Waals surface area contributed by atoms with E-state index in [0.29, 0.717) is 11.4 Å². The summed E-state index contributed by atoms with van der Waals surface area (Å²) in [6.45, 7) is 6.32. The molecule has 0 bridgehead atoms. The van der Waals surface area contributed by atoms with Crippen molar-refractivity contribution >= 4 is 39.1 Å². The molecule has 0 amide bonds. The molecule has 1 aromatic heterocycles. The number of halogens is 4. The SMILES string of the molecule is CC(C)(C)c1ccc(Nc2ncc(C(F)(F)F)c(Nc3cccc(Br)c3)n2)cc1. The van der Waals surface area contributed by atoms with Crippen molar-refractivity contribution in [1.29, 1.82) is 0 Å². The van der Waals surface area contributed by atoms with Gasteiger partial charge in [-0.1, -0.05) is 54.9 Å². The number of hydrogen-bond donors (Lipinski definition) is 2. The Morgan fingerprint density at radius 3 is 2.17 bits per heavy atom. The van der Waals surface area contributed by atoms with Crippen molar-refractivity contribution in [1.82, 2.24) is 9.97 Å². The van der Waals surface area contributed by atoms with E-state index in [1.807, 2.05) is 24.3 Å². The van der Waals surface area contributed by atoms with Crippen LogP contribution in [0.1, 0.15) is 31.9 Å². The molecule has 0 atom stereocenters. The Kier molecular flexibility index (Phi) is 5.84. The van der Waals surface area contributed by atoms with Gasteiger partial charge in [-0.05, 0) is 41.3 Å². The second-order valence-electron chi connectivity index (χ2n) is 7.54. The fourth-order valence-electron chi connectivity index (χ4n) is 2.63. The third-order valence-corrected chi connectivity index (χ3v) is 4.68. The lowest BCUT2D eigenvalue weighted by Crippen LogP contribution is -2.13. The largest absolute Gasteiger partial charge is 0.421 e. The predicted molar refractivity (Wildman–Crippen MR) is 113 cm³/mol. The summed E-state index contributed by atoms with van der Waals surface area (Å²) in [6.07, 6.45) is -3.81. The molecule has 3 rings (SSSR count). The van der Waals surface area contributed by atoms with Gasteiger partial charge in [-0.3, -0.25) is 0 Å². The molecule has 0 aliphatic rings. The van der Waals surface area contributed by atoms with Crippen LogP contribution in [0.2, 0.25) is 0 Å².